The van der Waals surface area contributed by atoms with Gasteiger partial charge in [0, 0.05) is 0 Å². The number of carboxylic acids is 1. The van der Waals surface area contributed by atoms with Crippen molar-refractivity contribution in [3.05, 3.63) is 12.2 Å². The van der Waals surface area contributed by atoms with Crippen LogP contribution in [0.5, 0.6) is 0 Å². The molecule has 0 radical (unpaired) electrons. The van der Waals surface area contributed by atoms with Crippen LogP contribution in [0.2, 0.25) is 0 Å². The standard InChI is InChI=1S/C46H74O17/c1-20(2)22-10-15-46(41(55)56)17-16-43(5)23(29(22)46)8-9-26-42(4)13-12-28(45(7,57)27(42)11-14-44(26,43)6)62-40-37(63-38-35(53)33(51)30(48)21(3)59-38)32(50)25(19-58-40)61-39-36(54)34(52)31(49)24(18-47)60-39/h21-40,47-54,57H,1,8-19H2,2-7H3,(H,55,56). The lowest BCUT2D eigenvalue weighted by molar-refractivity contribution is -0.383. The minimum absolute atomic E-state index is 0.0432. The van der Waals surface area contributed by atoms with E-state index in [-0.39, 0.29) is 52.4 Å². The highest BCUT2D eigenvalue weighted by Gasteiger charge is 2.72. The number of hydrogen-bond acceptors (Lipinski definition) is 16. The summed E-state index contributed by atoms with van der Waals surface area (Å²) in [5, 5.41) is 108. The Labute approximate surface area is 369 Å². The van der Waals surface area contributed by atoms with Crippen LogP contribution >= 0.6 is 0 Å². The first-order valence-electron chi connectivity index (χ1n) is 23.4. The van der Waals surface area contributed by atoms with Crippen LogP contribution in [0.1, 0.15) is 106 Å². The second-order valence-electron chi connectivity index (χ2n) is 21.9. The van der Waals surface area contributed by atoms with Gasteiger partial charge < -0.3 is 79.5 Å². The molecule has 17 heteroatoms. The molecule has 360 valence electrons. The maximum atomic E-state index is 13.1. The van der Waals surface area contributed by atoms with Crippen LogP contribution in [0.15, 0.2) is 12.2 Å². The van der Waals surface area contributed by atoms with Crippen molar-refractivity contribution in [3.63, 3.8) is 0 Å². The highest BCUT2D eigenvalue weighted by atomic mass is 16.8. The Morgan fingerprint density at radius 3 is 2.02 bits per heavy atom. The third-order valence-electron chi connectivity index (χ3n) is 19.0. The fraction of sp³-hybridized carbons (Fsp3) is 0.935. The molecule has 0 aromatic rings. The second-order valence-corrected chi connectivity index (χ2v) is 21.9. The SMILES string of the molecule is C=C(C)C1CCC2(C(=O)O)CCC3(C)C(CCC4C5(C)CCC(OC6OCC(OC7OC(CO)C(O)C(O)C7O)C(O)C6OC6OC(C)C(O)C(O)C6O)C(C)(O)C5CCC43C)C12. The van der Waals surface area contributed by atoms with E-state index in [1.807, 2.05) is 0 Å². The van der Waals surface area contributed by atoms with E-state index in [1.165, 1.54) is 6.92 Å². The lowest BCUT2D eigenvalue weighted by Crippen LogP contribution is -2.69. The number of rotatable bonds is 9. The minimum Gasteiger partial charge on any atom is -0.481 e. The third-order valence-corrected chi connectivity index (χ3v) is 19.0. The fourth-order valence-corrected chi connectivity index (χ4v) is 15.3. The Balaban J connectivity index is 1.03. The van der Waals surface area contributed by atoms with E-state index >= 15 is 0 Å². The molecule has 8 aliphatic rings. The molecule has 63 heavy (non-hydrogen) atoms. The van der Waals surface area contributed by atoms with Gasteiger partial charge in [0.15, 0.2) is 18.9 Å². The smallest absolute Gasteiger partial charge is 0.309 e. The molecule has 0 amide bonds. The molecule has 5 saturated carbocycles. The Morgan fingerprint density at radius 1 is 0.698 bits per heavy atom. The summed E-state index contributed by atoms with van der Waals surface area (Å²) in [5.41, 5.74) is -1.56. The van der Waals surface area contributed by atoms with Crippen LogP contribution in [-0.2, 0) is 33.2 Å². The predicted octanol–water partition coefficient (Wildman–Crippen LogP) is 0.954. The first-order valence-corrected chi connectivity index (χ1v) is 23.4. The molecule has 0 spiro atoms. The maximum Gasteiger partial charge on any atom is 0.309 e. The molecule has 25 atom stereocenters. The van der Waals surface area contributed by atoms with E-state index in [0.717, 1.165) is 37.7 Å². The quantitative estimate of drug-likeness (QED) is 0.114. The van der Waals surface area contributed by atoms with Crippen molar-refractivity contribution in [1.82, 2.24) is 0 Å². The van der Waals surface area contributed by atoms with E-state index in [4.69, 9.17) is 28.4 Å². The molecular weight excluding hydrogens is 824 g/mol. The van der Waals surface area contributed by atoms with Crippen LogP contribution in [-0.4, -0.2) is 168 Å². The lowest BCUT2D eigenvalue weighted by Gasteiger charge is -2.72. The van der Waals surface area contributed by atoms with Gasteiger partial charge in [-0.1, -0.05) is 32.9 Å². The van der Waals surface area contributed by atoms with Crippen LogP contribution in [0.4, 0.5) is 0 Å². The van der Waals surface area contributed by atoms with Gasteiger partial charge >= 0.3 is 5.97 Å². The third kappa shape index (κ3) is 7.32. The summed E-state index contributed by atoms with van der Waals surface area (Å²) in [7, 11) is 0. The van der Waals surface area contributed by atoms with Gasteiger partial charge in [0.2, 0.25) is 0 Å². The van der Waals surface area contributed by atoms with Gasteiger partial charge in [-0.15, -0.1) is 0 Å². The van der Waals surface area contributed by atoms with E-state index in [1.54, 1.807) is 6.92 Å². The number of hydrogen-bond donors (Lipinski definition) is 10. The molecule has 3 aliphatic heterocycles. The Morgan fingerprint density at radius 2 is 1.37 bits per heavy atom. The molecular formula is C46H74O17. The van der Waals surface area contributed by atoms with E-state index in [0.29, 0.717) is 32.1 Å². The number of ether oxygens (including phenoxy) is 6. The number of allylic oxidation sites excluding steroid dienone is 1. The molecule has 0 aromatic heterocycles. The summed E-state index contributed by atoms with van der Waals surface area (Å²) in [6, 6.07) is 0. The van der Waals surface area contributed by atoms with E-state index in [2.05, 4.69) is 34.3 Å². The van der Waals surface area contributed by atoms with Crippen molar-refractivity contribution in [2.45, 2.75) is 203 Å². The Bertz CT molecular complexity index is 1700. The summed E-state index contributed by atoms with van der Waals surface area (Å²) in [5.74, 6) is -0.147. The molecule has 3 heterocycles. The monoisotopic (exact) mass is 898 g/mol. The van der Waals surface area contributed by atoms with Crippen molar-refractivity contribution in [2.75, 3.05) is 13.2 Å². The number of carboxylic acid groups (broad SMARTS) is 1. The predicted molar refractivity (Wildman–Crippen MR) is 220 cm³/mol. The number of aliphatic hydroxyl groups excluding tert-OH is 8. The highest BCUT2D eigenvalue weighted by Crippen LogP contribution is 2.77. The summed E-state index contributed by atoms with van der Waals surface area (Å²) in [4.78, 5) is 13.1. The molecule has 17 nitrogen and oxygen atoms in total. The van der Waals surface area contributed by atoms with Crippen LogP contribution < -0.4 is 0 Å². The Kier molecular flexibility index (Phi) is 13.0. The van der Waals surface area contributed by atoms with Crippen molar-refractivity contribution in [1.29, 1.82) is 0 Å². The van der Waals surface area contributed by atoms with Crippen molar-refractivity contribution in [3.8, 4) is 0 Å². The highest BCUT2D eigenvalue weighted by molar-refractivity contribution is 5.76. The fourth-order valence-electron chi connectivity index (χ4n) is 15.3. The van der Waals surface area contributed by atoms with Gasteiger partial charge in [-0.2, -0.15) is 0 Å². The average Bonchev–Trinajstić information content (AvgIpc) is 3.64. The van der Waals surface area contributed by atoms with Gasteiger partial charge in [0.25, 0.3) is 0 Å². The topological polar surface area (TPSA) is 275 Å². The maximum absolute atomic E-state index is 13.1. The molecule has 0 aromatic carbocycles. The largest absolute Gasteiger partial charge is 0.481 e. The Hall–Kier alpha value is -1.39. The molecule has 10 N–H and O–H groups in total. The molecule has 8 fully saturated rings. The van der Waals surface area contributed by atoms with Crippen LogP contribution in [0.3, 0.4) is 0 Å². The molecule has 0 bridgehead atoms. The van der Waals surface area contributed by atoms with Gasteiger partial charge in [0.05, 0.1) is 36.4 Å². The van der Waals surface area contributed by atoms with Gasteiger partial charge in [-0.25, -0.2) is 0 Å². The van der Waals surface area contributed by atoms with Gasteiger partial charge in [-0.05, 0) is 131 Å². The van der Waals surface area contributed by atoms with Crippen molar-refractivity contribution < 1.29 is 84.3 Å². The number of carbonyl (C=O) groups is 1. The zero-order valence-electron chi connectivity index (χ0n) is 37.6. The van der Waals surface area contributed by atoms with Crippen LogP contribution in [0, 0.1) is 51.2 Å². The van der Waals surface area contributed by atoms with Crippen molar-refractivity contribution in [2.24, 2.45) is 51.2 Å². The lowest BCUT2D eigenvalue weighted by atomic mass is 9.33. The average molecular weight is 899 g/mol. The zero-order chi connectivity index (χ0) is 45.9. The molecule has 5 aliphatic carbocycles. The minimum atomic E-state index is -1.78. The van der Waals surface area contributed by atoms with Gasteiger partial charge in [-0.3, -0.25) is 4.79 Å². The first-order chi connectivity index (χ1) is 29.5. The summed E-state index contributed by atoms with van der Waals surface area (Å²) in [6.45, 7) is 15.8. The summed E-state index contributed by atoms with van der Waals surface area (Å²) >= 11 is 0. The normalized spacial score (nSPS) is 57.0. The molecule has 25 unspecified atom stereocenters. The van der Waals surface area contributed by atoms with E-state index < -0.39 is 116 Å². The summed E-state index contributed by atoms with van der Waals surface area (Å²) < 4.78 is 36.2. The van der Waals surface area contributed by atoms with Crippen molar-refractivity contribution >= 4 is 5.97 Å². The number of aliphatic hydroxyl groups is 9. The van der Waals surface area contributed by atoms with Crippen LogP contribution in [0.25, 0.3) is 0 Å². The van der Waals surface area contributed by atoms with Gasteiger partial charge in [0.1, 0.15) is 61.0 Å². The number of aliphatic carboxylic acids is 1. The number of fused-ring (bicyclic) bond motifs is 7. The summed E-state index contributed by atoms with van der Waals surface area (Å²) in [6.07, 6.45) is -14.6. The van der Waals surface area contributed by atoms with E-state index in [9.17, 15) is 55.9 Å². The molecule has 3 saturated heterocycles. The molecule has 8 rings (SSSR count). The zero-order valence-corrected chi connectivity index (χ0v) is 37.6. The first kappa shape index (κ1) is 48.1. The second kappa shape index (κ2) is 17.0.